The van der Waals surface area contributed by atoms with Crippen molar-refractivity contribution < 1.29 is 0 Å². The molecule has 1 aliphatic rings. The van der Waals surface area contributed by atoms with E-state index in [1.165, 1.54) is 36.1 Å². The summed E-state index contributed by atoms with van der Waals surface area (Å²) in [6.07, 6.45) is 6.46. The molecule has 0 amide bonds. The standard InChI is InChI=1S/C18H23NS/c1-14(19-12-11-15-7-3-2-4-8-15)18-13-16-9-5-6-10-17(16)20-18/h2-4,7-8,13-14,19H,5-6,9-12H2,1H3. The van der Waals surface area contributed by atoms with Gasteiger partial charge in [-0.25, -0.2) is 0 Å². The van der Waals surface area contributed by atoms with E-state index in [2.05, 4.69) is 48.6 Å². The van der Waals surface area contributed by atoms with Gasteiger partial charge in [0.05, 0.1) is 0 Å². The van der Waals surface area contributed by atoms with E-state index in [1.807, 2.05) is 11.3 Å². The van der Waals surface area contributed by atoms with Crippen LogP contribution in [-0.2, 0) is 19.3 Å². The second-order valence-electron chi connectivity index (χ2n) is 5.72. The van der Waals surface area contributed by atoms with Crippen LogP contribution in [0.25, 0.3) is 0 Å². The molecule has 0 spiro atoms. The van der Waals surface area contributed by atoms with Gasteiger partial charge in [-0.15, -0.1) is 11.3 Å². The Morgan fingerprint density at radius 3 is 2.75 bits per heavy atom. The van der Waals surface area contributed by atoms with Gasteiger partial charge in [-0.2, -0.15) is 0 Å². The summed E-state index contributed by atoms with van der Waals surface area (Å²) < 4.78 is 0. The number of thiophene rings is 1. The molecule has 0 saturated heterocycles. The zero-order valence-corrected chi connectivity index (χ0v) is 13.0. The Kier molecular flexibility index (Phi) is 4.54. The van der Waals surface area contributed by atoms with E-state index in [9.17, 15) is 0 Å². The maximum Gasteiger partial charge on any atom is 0.0386 e. The van der Waals surface area contributed by atoms with Gasteiger partial charge in [0.15, 0.2) is 0 Å². The highest BCUT2D eigenvalue weighted by atomic mass is 32.1. The summed E-state index contributed by atoms with van der Waals surface area (Å²) in [5, 5.41) is 3.67. The first-order valence-corrected chi connectivity index (χ1v) is 8.53. The molecule has 0 aliphatic heterocycles. The number of benzene rings is 1. The lowest BCUT2D eigenvalue weighted by atomic mass is 9.99. The summed E-state index contributed by atoms with van der Waals surface area (Å²) in [7, 11) is 0. The number of hydrogen-bond acceptors (Lipinski definition) is 2. The fourth-order valence-corrected chi connectivity index (χ4v) is 4.19. The van der Waals surface area contributed by atoms with Crippen molar-refractivity contribution >= 4 is 11.3 Å². The fourth-order valence-electron chi connectivity index (χ4n) is 2.91. The van der Waals surface area contributed by atoms with Crippen LogP contribution in [0.2, 0.25) is 0 Å². The summed E-state index contributed by atoms with van der Waals surface area (Å²) in [5.74, 6) is 0. The van der Waals surface area contributed by atoms with Gasteiger partial charge in [0.2, 0.25) is 0 Å². The smallest absolute Gasteiger partial charge is 0.0386 e. The third-order valence-corrected chi connectivity index (χ3v) is 5.57. The SMILES string of the molecule is CC(NCCc1ccccc1)c1cc2c(s1)CCCC2. The van der Waals surface area contributed by atoms with Crippen LogP contribution in [0.3, 0.4) is 0 Å². The molecule has 106 valence electrons. The highest BCUT2D eigenvalue weighted by Crippen LogP contribution is 2.32. The number of nitrogens with one attached hydrogen (secondary N) is 1. The lowest BCUT2D eigenvalue weighted by Crippen LogP contribution is -2.20. The van der Waals surface area contributed by atoms with Crippen LogP contribution >= 0.6 is 11.3 Å². The van der Waals surface area contributed by atoms with Gasteiger partial charge < -0.3 is 5.32 Å². The second kappa shape index (κ2) is 6.55. The molecule has 1 unspecified atom stereocenters. The molecule has 1 atom stereocenters. The predicted molar refractivity (Wildman–Crippen MR) is 87.5 cm³/mol. The van der Waals surface area contributed by atoms with Gasteiger partial charge in [0.25, 0.3) is 0 Å². The summed E-state index contributed by atoms with van der Waals surface area (Å²) in [4.78, 5) is 3.16. The van der Waals surface area contributed by atoms with E-state index >= 15 is 0 Å². The Bertz CT molecular complexity index is 520. The lowest BCUT2D eigenvalue weighted by Gasteiger charge is -2.12. The minimum atomic E-state index is 0.481. The molecular weight excluding hydrogens is 262 g/mol. The Morgan fingerprint density at radius 1 is 1.15 bits per heavy atom. The zero-order valence-electron chi connectivity index (χ0n) is 12.2. The van der Waals surface area contributed by atoms with Crippen LogP contribution in [0, 0.1) is 0 Å². The van der Waals surface area contributed by atoms with Gasteiger partial charge in [-0.3, -0.25) is 0 Å². The summed E-state index contributed by atoms with van der Waals surface area (Å²) in [6.45, 7) is 3.34. The minimum absolute atomic E-state index is 0.481. The average molecular weight is 285 g/mol. The van der Waals surface area contributed by atoms with Crippen molar-refractivity contribution in [2.24, 2.45) is 0 Å². The van der Waals surface area contributed by atoms with Gasteiger partial charge in [-0.05, 0) is 62.8 Å². The van der Waals surface area contributed by atoms with Crippen molar-refractivity contribution in [2.75, 3.05) is 6.54 Å². The summed E-state index contributed by atoms with van der Waals surface area (Å²) >= 11 is 2.03. The molecule has 3 rings (SSSR count). The normalized spacial score (nSPS) is 15.8. The number of aryl methyl sites for hydroxylation is 2. The van der Waals surface area contributed by atoms with Crippen LogP contribution in [-0.4, -0.2) is 6.54 Å². The van der Waals surface area contributed by atoms with E-state index in [0.29, 0.717) is 6.04 Å². The van der Waals surface area contributed by atoms with Crippen LogP contribution in [0.5, 0.6) is 0 Å². The van der Waals surface area contributed by atoms with E-state index < -0.39 is 0 Å². The highest BCUT2D eigenvalue weighted by Gasteiger charge is 2.16. The molecule has 20 heavy (non-hydrogen) atoms. The lowest BCUT2D eigenvalue weighted by molar-refractivity contribution is 0.584. The van der Waals surface area contributed by atoms with Crippen molar-refractivity contribution in [3.63, 3.8) is 0 Å². The second-order valence-corrected chi connectivity index (χ2v) is 6.88. The predicted octanol–water partition coefficient (Wildman–Crippen LogP) is 4.52. The number of hydrogen-bond donors (Lipinski definition) is 1. The molecule has 1 heterocycles. The van der Waals surface area contributed by atoms with Crippen molar-refractivity contribution in [3.8, 4) is 0 Å². The Balaban J connectivity index is 1.54. The van der Waals surface area contributed by atoms with Gasteiger partial charge in [0.1, 0.15) is 0 Å². The van der Waals surface area contributed by atoms with Gasteiger partial charge >= 0.3 is 0 Å². The maximum absolute atomic E-state index is 3.67. The monoisotopic (exact) mass is 285 g/mol. The van der Waals surface area contributed by atoms with Gasteiger partial charge in [0, 0.05) is 15.8 Å². The van der Waals surface area contributed by atoms with Crippen molar-refractivity contribution in [3.05, 3.63) is 57.3 Å². The van der Waals surface area contributed by atoms with Crippen molar-refractivity contribution in [2.45, 2.75) is 45.1 Å². The highest BCUT2D eigenvalue weighted by molar-refractivity contribution is 7.12. The Morgan fingerprint density at radius 2 is 1.95 bits per heavy atom. The average Bonchev–Trinajstić information content (AvgIpc) is 2.92. The molecule has 0 fully saturated rings. The molecule has 1 nitrogen and oxygen atoms in total. The van der Waals surface area contributed by atoms with Crippen LogP contribution in [0.1, 0.15) is 46.7 Å². The summed E-state index contributed by atoms with van der Waals surface area (Å²) in [5.41, 5.74) is 3.03. The molecule has 1 aromatic carbocycles. The van der Waals surface area contributed by atoms with E-state index in [0.717, 1.165) is 13.0 Å². The van der Waals surface area contributed by atoms with Crippen molar-refractivity contribution in [1.29, 1.82) is 0 Å². The first kappa shape index (κ1) is 13.8. The van der Waals surface area contributed by atoms with E-state index in [1.54, 1.807) is 10.4 Å². The number of fused-ring (bicyclic) bond motifs is 1. The van der Waals surface area contributed by atoms with Gasteiger partial charge in [-0.1, -0.05) is 30.3 Å². The van der Waals surface area contributed by atoms with Crippen molar-refractivity contribution in [1.82, 2.24) is 5.32 Å². The van der Waals surface area contributed by atoms with E-state index in [-0.39, 0.29) is 0 Å². The van der Waals surface area contributed by atoms with Crippen LogP contribution < -0.4 is 5.32 Å². The zero-order chi connectivity index (χ0) is 13.8. The third-order valence-electron chi connectivity index (χ3n) is 4.15. The molecule has 1 aromatic heterocycles. The fraction of sp³-hybridized carbons (Fsp3) is 0.444. The molecule has 1 N–H and O–H groups in total. The molecule has 2 aromatic rings. The first-order chi connectivity index (χ1) is 9.83. The molecule has 2 heteroatoms. The minimum Gasteiger partial charge on any atom is -0.309 e. The third kappa shape index (κ3) is 3.31. The Hall–Kier alpha value is -1.12. The molecule has 0 radical (unpaired) electrons. The maximum atomic E-state index is 3.67. The Labute approximate surface area is 126 Å². The molecule has 0 saturated carbocycles. The van der Waals surface area contributed by atoms with E-state index in [4.69, 9.17) is 0 Å². The largest absolute Gasteiger partial charge is 0.309 e. The number of rotatable bonds is 5. The van der Waals surface area contributed by atoms with Crippen LogP contribution in [0.4, 0.5) is 0 Å². The molecule has 1 aliphatic carbocycles. The topological polar surface area (TPSA) is 12.0 Å². The molecule has 0 bridgehead atoms. The molecular formula is C18H23NS. The quantitative estimate of drug-likeness (QED) is 0.851. The summed E-state index contributed by atoms with van der Waals surface area (Å²) in [6, 6.07) is 13.6. The van der Waals surface area contributed by atoms with Crippen LogP contribution in [0.15, 0.2) is 36.4 Å². The first-order valence-electron chi connectivity index (χ1n) is 7.72.